The van der Waals surface area contributed by atoms with Crippen LogP contribution in [0.15, 0.2) is 30.3 Å². The predicted octanol–water partition coefficient (Wildman–Crippen LogP) is 1.69. The fourth-order valence-corrected chi connectivity index (χ4v) is 1.43. The van der Waals surface area contributed by atoms with Crippen LogP contribution in [-0.2, 0) is 9.59 Å². The van der Waals surface area contributed by atoms with Gasteiger partial charge in [-0.3, -0.25) is 9.59 Å². The second kappa shape index (κ2) is 7.92. The largest absolute Gasteiger partial charge is 0.497 e. The molecule has 0 saturated heterocycles. The highest BCUT2D eigenvalue weighted by Crippen LogP contribution is 2.13. The van der Waals surface area contributed by atoms with Crippen LogP contribution in [0.4, 0.5) is 0 Å². The summed E-state index contributed by atoms with van der Waals surface area (Å²) in [6.07, 6.45) is 3.57. The Balaban J connectivity index is 2.38. The van der Waals surface area contributed by atoms with Crippen LogP contribution in [0.1, 0.15) is 18.4 Å². The molecule has 0 aliphatic carbocycles. The molecule has 1 aromatic rings. The van der Waals surface area contributed by atoms with Gasteiger partial charge in [-0.05, 0) is 30.2 Å². The topological polar surface area (TPSA) is 75.6 Å². The smallest absolute Gasteiger partial charge is 0.303 e. The van der Waals surface area contributed by atoms with Gasteiger partial charge in [0.1, 0.15) is 5.75 Å². The summed E-state index contributed by atoms with van der Waals surface area (Å²) < 4.78 is 5.07. The standard InChI is InChI=1S/C14H17NO4/c1-19-12-5-2-4-11(10-12)7-8-13(16)15-9-3-6-14(17)18/h2,4-5,7-8,10H,3,6,9H2,1H3,(H,15,16)(H,17,18)/b8-7+. The lowest BCUT2D eigenvalue weighted by Crippen LogP contribution is -2.22. The first-order valence-corrected chi connectivity index (χ1v) is 5.93. The zero-order valence-electron chi connectivity index (χ0n) is 10.8. The second-order valence-corrected chi connectivity index (χ2v) is 3.90. The highest BCUT2D eigenvalue weighted by Gasteiger charge is 1.98. The third-order valence-corrected chi connectivity index (χ3v) is 2.39. The quantitative estimate of drug-likeness (QED) is 0.580. The van der Waals surface area contributed by atoms with Crippen molar-refractivity contribution in [2.45, 2.75) is 12.8 Å². The number of carboxylic acid groups (broad SMARTS) is 1. The van der Waals surface area contributed by atoms with Crippen molar-refractivity contribution < 1.29 is 19.4 Å². The Morgan fingerprint density at radius 1 is 1.42 bits per heavy atom. The number of nitrogens with one attached hydrogen (secondary N) is 1. The predicted molar refractivity (Wildman–Crippen MR) is 71.9 cm³/mol. The van der Waals surface area contributed by atoms with Crippen LogP contribution in [-0.4, -0.2) is 30.6 Å². The van der Waals surface area contributed by atoms with Crippen molar-refractivity contribution in [3.8, 4) is 5.75 Å². The fraction of sp³-hybridized carbons (Fsp3) is 0.286. The van der Waals surface area contributed by atoms with Crippen LogP contribution in [0.2, 0.25) is 0 Å². The number of carbonyl (C=O) groups is 2. The average Bonchev–Trinajstić information content (AvgIpc) is 2.41. The van der Waals surface area contributed by atoms with E-state index >= 15 is 0 Å². The lowest BCUT2D eigenvalue weighted by Gasteiger charge is -2.01. The Bertz CT molecular complexity index is 468. The molecule has 1 rings (SSSR count). The van der Waals surface area contributed by atoms with Crippen LogP contribution in [0.25, 0.3) is 6.08 Å². The fourth-order valence-electron chi connectivity index (χ4n) is 1.43. The minimum Gasteiger partial charge on any atom is -0.497 e. The van der Waals surface area contributed by atoms with Crippen molar-refractivity contribution in [2.75, 3.05) is 13.7 Å². The number of carbonyl (C=O) groups excluding carboxylic acids is 1. The molecule has 0 aliphatic heterocycles. The van der Waals surface area contributed by atoms with Crippen LogP contribution in [0.3, 0.4) is 0 Å². The van der Waals surface area contributed by atoms with E-state index in [0.29, 0.717) is 13.0 Å². The van der Waals surface area contributed by atoms with Gasteiger partial charge in [0.25, 0.3) is 0 Å². The number of hydrogen-bond acceptors (Lipinski definition) is 3. The summed E-state index contributed by atoms with van der Waals surface area (Å²) in [7, 11) is 1.58. The van der Waals surface area contributed by atoms with Gasteiger partial charge in [0.05, 0.1) is 7.11 Å². The van der Waals surface area contributed by atoms with Gasteiger partial charge >= 0.3 is 5.97 Å². The number of methoxy groups -OCH3 is 1. The molecule has 5 heteroatoms. The number of carboxylic acids is 1. The van der Waals surface area contributed by atoms with E-state index in [1.807, 2.05) is 24.3 Å². The summed E-state index contributed by atoms with van der Waals surface area (Å²) in [4.78, 5) is 21.7. The Morgan fingerprint density at radius 3 is 2.89 bits per heavy atom. The van der Waals surface area contributed by atoms with E-state index in [-0.39, 0.29) is 12.3 Å². The second-order valence-electron chi connectivity index (χ2n) is 3.90. The van der Waals surface area contributed by atoms with Gasteiger partial charge in [0.15, 0.2) is 0 Å². The van der Waals surface area contributed by atoms with Gasteiger partial charge in [-0.25, -0.2) is 0 Å². The van der Waals surface area contributed by atoms with Crippen molar-refractivity contribution in [1.29, 1.82) is 0 Å². The van der Waals surface area contributed by atoms with E-state index in [1.165, 1.54) is 6.08 Å². The van der Waals surface area contributed by atoms with Crippen LogP contribution in [0, 0.1) is 0 Å². The molecular formula is C14H17NO4. The summed E-state index contributed by atoms with van der Waals surface area (Å²) in [5, 5.41) is 11.1. The van der Waals surface area contributed by atoms with Crippen molar-refractivity contribution in [1.82, 2.24) is 5.32 Å². The third-order valence-electron chi connectivity index (χ3n) is 2.39. The first kappa shape index (κ1) is 14.8. The van der Waals surface area contributed by atoms with Crippen LogP contribution in [0.5, 0.6) is 5.75 Å². The number of aliphatic carboxylic acids is 1. The minimum atomic E-state index is -0.860. The van der Waals surface area contributed by atoms with E-state index in [2.05, 4.69) is 5.32 Å². The van der Waals surface area contributed by atoms with E-state index < -0.39 is 5.97 Å². The molecule has 5 nitrogen and oxygen atoms in total. The molecule has 0 fully saturated rings. The third kappa shape index (κ3) is 6.26. The maximum atomic E-state index is 11.4. The Labute approximate surface area is 111 Å². The summed E-state index contributed by atoms with van der Waals surface area (Å²) >= 11 is 0. The van der Waals surface area contributed by atoms with Gasteiger partial charge in [0, 0.05) is 19.0 Å². The number of ether oxygens (including phenoxy) is 1. The average molecular weight is 263 g/mol. The molecule has 0 radical (unpaired) electrons. The normalized spacial score (nSPS) is 10.4. The molecule has 0 atom stereocenters. The van der Waals surface area contributed by atoms with E-state index in [1.54, 1.807) is 13.2 Å². The SMILES string of the molecule is COc1cccc(/C=C/C(=O)NCCCC(=O)O)c1. The molecule has 0 heterocycles. The molecule has 1 amide bonds. The summed E-state index contributed by atoms with van der Waals surface area (Å²) in [5.41, 5.74) is 0.861. The van der Waals surface area contributed by atoms with Gasteiger partial charge in [-0.1, -0.05) is 12.1 Å². The van der Waals surface area contributed by atoms with Crippen molar-refractivity contribution in [3.63, 3.8) is 0 Å². The monoisotopic (exact) mass is 263 g/mol. The van der Waals surface area contributed by atoms with Gasteiger partial charge in [0.2, 0.25) is 5.91 Å². The first-order valence-electron chi connectivity index (χ1n) is 5.93. The molecular weight excluding hydrogens is 246 g/mol. The number of amides is 1. The van der Waals surface area contributed by atoms with Gasteiger partial charge in [-0.2, -0.15) is 0 Å². The lowest BCUT2D eigenvalue weighted by molar-refractivity contribution is -0.137. The molecule has 102 valence electrons. The molecule has 2 N–H and O–H groups in total. The maximum Gasteiger partial charge on any atom is 0.303 e. The molecule has 0 saturated carbocycles. The Hall–Kier alpha value is -2.30. The molecule has 0 aliphatic rings. The number of hydrogen-bond donors (Lipinski definition) is 2. The zero-order chi connectivity index (χ0) is 14.1. The van der Waals surface area contributed by atoms with Crippen molar-refractivity contribution in [3.05, 3.63) is 35.9 Å². The molecule has 19 heavy (non-hydrogen) atoms. The highest BCUT2D eigenvalue weighted by molar-refractivity contribution is 5.91. The summed E-state index contributed by atoms with van der Waals surface area (Å²) in [5.74, 6) is -0.376. The Kier molecular flexibility index (Phi) is 6.15. The molecule has 0 unspecified atom stereocenters. The zero-order valence-corrected chi connectivity index (χ0v) is 10.8. The van der Waals surface area contributed by atoms with Gasteiger partial charge < -0.3 is 15.2 Å². The minimum absolute atomic E-state index is 0.0554. The lowest BCUT2D eigenvalue weighted by atomic mass is 10.2. The molecule has 1 aromatic carbocycles. The van der Waals surface area contributed by atoms with Crippen LogP contribution >= 0.6 is 0 Å². The van der Waals surface area contributed by atoms with E-state index in [4.69, 9.17) is 9.84 Å². The highest BCUT2D eigenvalue weighted by atomic mass is 16.5. The van der Waals surface area contributed by atoms with Crippen molar-refractivity contribution in [2.24, 2.45) is 0 Å². The van der Waals surface area contributed by atoms with E-state index in [9.17, 15) is 9.59 Å². The molecule has 0 aromatic heterocycles. The van der Waals surface area contributed by atoms with E-state index in [0.717, 1.165) is 11.3 Å². The first-order chi connectivity index (χ1) is 9.11. The summed E-state index contributed by atoms with van der Waals surface area (Å²) in [6.45, 7) is 0.355. The summed E-state index contributed by atoms with van der Waals surface area (Å²) in [6, 6.07) is 7.33. The van der Waals surface area contributed by atoms with Crippen LogP contribution < -0.4 is 10.1 Å². The van der Waals surface area contributed by atoms with Crippen molar-refractivity contribution >= 4 is 18.0 Å². The van der Waals surface area contributed by atoms with Gasteiger partial charge in [-0.15, -0.1) is 0 Å². The maximum absolute atomic E-state index is 11.4. The molecule has 0 spiro atoms. The Morgan fingerprint density at radius 2 is 2.21 bits per heavy atom. The number of rotatable bonds is 7. The molecule has 0 bridgehead atoms. The number of benzene rings is 1.